The molecule has 1 aliphatic rings. The van der Waals surface area contributed by atoms with Crippen molar-refractivity contribution in [1.82, 2.24) is 0 Å². The molecule has 3 N–H and O–H groups in total. The number of anilines is 1. The van der Waals surface area contributed by atoms with E-state index in [1.807, 2.05) is 6.07 Å². The number of nitrogens with one attached hydrogen (secondary N) is 1. The average molecular weight is 148 g/mol. The first-order valence-electron chi connectivity index (χ1n) is 3.94. The van der Waals surface area contributed by atoms with Gasteiger partial charge in [0.05, 0.1) is 0 Å². The topological polar surface area (TPSA) is 38.0 Å². The average Bonchev–Trinajstić information content (AvgIpc) is 2.46. The summed E-state index contributed by atoms with van der Waals surface area (Å²) >= 11 is 0. The molecule has 0 saturated heterocycles. The zero-order valence-corrected chi connectivity index (χ0v) is 6.38. The minimum absolute atomic E-state index is 0.451. The fourth-order valence-electron chi connectivity index (χ4n) is 1.52. The van der Waals surface area contributed by atoms with E-state index in [2.05, 4.69) is 23.5 Å². The highest BCUT2D eigenvalue weighted by atomic mass is 15.0. The normalized spacial score (nSPS) is 21.0. The molecule has 1 aromatic rings. The van der Waals surface area contributed by atoms with Crippen LogP contribution in [0.1, 0.15) is 5.56 Å². The zero-order valence-electron chi connectivity index (χ0n) is 6.38. The summed E-state index contributed by atoms with van der Waals surface area (Å²) in [6.45, 7) is 0.717. The highest BCUT2D eigenvalue weighted by Gasteiger charge is 2.17. The summed E-state index contributed by atoms with van der Waals surface area (Å²) in [5.74, 6) is 0. The van der Waals surface area contributed by atoms with Gasteiger partial charge >= 0.3 is 0 Å². The van der Waals surface area contributed by atoms with Gasteiger partial charge in [0.1, 0.15) is 0 Å². The summed E-state index contributed by atoms with van der Waals surface area (Å²) in [4.78, 5) is 0. The van der Waals surface area contributed by atoms with E-state index in [9.17, 15) is 0 Å². The second-order valence-electron chi connectivity index (χ2n) is 2.94. The predicted molar refractivity (Wildman–Crippen MR) is 46.6 cm³/mol. The van der Waals surface area contributed by atoms with Crippen molar-refractivity contribution in [2.45, 2.75) is 12.5 Å². The van der Waals surface area contributed by atoms with E-state index in [1.54, 1.807) is 0 Å². The number of para-hydroxylation sites is 1. The first-order chi connectivity index (χ1) is 5.40. The maximum atomic E-state index is 5.55. The van der Waals surface area contributed by atoms with Crippen LogP contribution in [0.15, 0.2) is 24.3 Å². The molecule has 0 spiro atoms. The number of nitrogens with two attached hydrogens (primary N) is 1. The quantitative estimate of drug-likeness (QED) is 0.623. The van der Waals surface area contributed by atoms with Gasteiger partial charge in [-0.05, 0) is 18.1 Å². The Morgan fingerprint density at radius 3 is 3.00 bits per heavy atom. The Hall–Kier alpha value is -1.02. The van der Waals surface area contributed by atoms with Gasteiger partial charge in [0.15, 0.2) is 0 Å². The van der Waals surface area contributed by atoms with Crippen molar-refractivity contribution in [2.24, 2.45) is 5.73 Å². The van der Waals surface area contributed by atoms with E-state index in [0.29, 0.717) is 12.6 Å². The molecule has 0 saturated carbocycles. The summed E-state index contributed by atoms with van der Waals surface area (Å²) in [6, 6.07) is 8.82. The lowest BCUT2D eigenvalue weighted by atomic mass is 10.1. The maximum Gasteiger partial charge on any atom is 0.0424 e. The number of hydrogen-bond acceptors (Lipinski definition) is 2. The van der Waals surface area contributed by atoms with Gasteiger partial charge in [0.25, 0.3) is 0 Å². The summed E-state index contributed by atoms with van der Waals surface area (Å²) in [6.07, 6.45) is 1.08. The fraction of sp³-hybridized carbons (Fsp3) is 0.333. The van der Waals surface area contributed by atoms with Gasteiger partial charge in [-0.3, -0.25) is 0 Å². The van der Waals surface area contributed by atoms with E-state index >= 15 is 0 Å². The Kier molecular flexibility index (Phi) is 1.55. The van der Waals surface area contributed by atoms with Crippen molar-refractivity contribution in [3.05, 3.63) is 29.8 Å². The van der Waals surface area contributed by atoms with Gasteiger partial charge in [-0.2, -0.15) is 0 Å². The van der Waals surface area contributed by atoms with Gasteiger partial charge in [-0.25, -0.2) is 0 Å². The largest absolute Gasteiger partial charge is 0.380 e. The van der Waals surface area contributed by atoms with E-state index in [-0.39, 0.29) is 0 Å². The second kappa shape index (κ2) is 2.55. The predicted octanol–water partition coefficient (Wildman–Crippen LogP) is 0.982. The first kappa shape index (κ1) is 6.68. The van der Waals surface area contributed by atoms with Crippen LogP contribution < -0.4 is 11.1 Å². The van der Waals surface area contributed by atoms with Crippen LogP contribution >= 0.6 is 0 Å². The lowest BCUT2D eigenvalue weighted by Crippen LogP contribution is -2.25. The third kappa shape index (κ3) is 1.10. The van der Waals surface area contributed by atoms with Gasteiger partial charge in [0.2, 0.25) is 0 Å². The molecule has 11 heavy (non-hydrogen) atoms. The molecule has 2 nitrogen and oxygen atoms in total. The van der Waals surface area contributed by atoms with Crippen molar-refractivity contribution in [2.75, 3.05) is 11.9 Å². The number of benzene rings is 1. The zero-order chi connectivity index (χ0) is 7.68. The van der Waals surface area contributed by atoms with Gasteiger partial charge in [0, 0.05) is 18.3 Å². The molecule has 1 heterocycles. The van der Waals surface area contributed by atoms with Crippen molar-refractivity contribution in [3.8, 4) is 0 Å². The molecule has 0 fully saturated rings. The molecule has 1 unspecified atom stereocenters. The molecule has 2 rings (SSSR count). The van der Waals surface area contributed by atoms with E-state index in [1.165, 1.54) is 11.3 Å². The van der Waals surface area contributed by atoms with Crippen LogP contribution in [-0.2, 0) is 6.42 Å². The third-order valence-corrected chi connectivity index (χ3v) is 2.13. The summed E-state index contributed by atoms with van der Waals surface area (Å²) in [7, 11) is 0. The molecule has 1 aliphatic heterocycles. The molecule has 1 atom stereocenters. The molecule has 0 aliphatic carbocycles. The molecule has 0 radical (unpaired) electrons. The third-order valence-electron chi connectivity index (χ3n) is 2.13. The summed E-state index contributed by atoms with van der Waals surface area (Å²) < 4.78 is 0. The Morgan fingerprint density at radius 1 is 1.45 bits per heavy atom. The molecule has 0 aromatic heterocycles. The highest BCUT2D eigenvalue weighted by molar-refractivity contribution is 5.56. The number of hydrogen-bond donors (Lipinski definition) is 2. The van der Waals surface area contributed by atoms with Crippen LogP contribution in [0.2, 0.25) is 0 Å². The summed E-state index contributed by atoms with van der Waals surface area (Å²) in [5.41, 5.74) is 8.20. The van der Waals surface area contributed by atoms with Gasteiger partial charge in [-0.15, -0.1) is 0 Å². The Bertz CT molecular complexity index is 232. The maximum absolute atomic E-state index is 5.55. The molecule has 2 heteroatoms. The van der Waals surface area contributed by atoms with E-state index in [4.69, 9.17) is 5.73 Å². The highest BCUT2D eigenvalue weighted by Crippen LogP contribution is 2.24. The lowest BCUT2D eigenvalue weighted by molar-refractivity contribution is 0.760. The first-order valence-corrected chi connectivity index (χ1v) is 3.94. The van der Waals surface area contributed by atoms with Gasteiger partial charge < -0.3 is 11.1 Å². The van der Waals surface area contributed by atoms with Crippen LogP contribution in [0.4, 0.5) is 5.69 Å². The van der Waals surface area contributed by atoms with Crippen molar-refractivity contribution < 1.29 is 0 Å². The Balaban J connectivity index is 2.27. The van der Waals surface area contributed by atoms with Crippen LogP contribution in [0.3, 0.4) is 0 Å². The van der Waals surface area contributed by atoms with Crippen LogP contribution in [0.5, 0.6) is 0 Å². The smallest absolute Gasteiger partial charge is 0.0424 e. The van der Waals surface area contributed by atoms with Crippen LogP contribution in [0.25, 0.3) is 0 Å². The van der Waals surface area contributed by atoms with Crippen LogP contribution in [-0.4, -0.2) is 12.6 Å². The van der Waals surface area contributed by atoms with Gasteiger partial charge in [-0.1, -0.05) is 18.2 Å². The minimum Gasteiger partial charge on any atom is -0.380 e. The molecule has 0 bridgehead atoms. The van der Waals surface area contributed by atoms with Crippen molar-refractivity contribution in [1.29, 1.82) is 0 Å². The van der Waals surface area contributed by atoms with Crippen molar-refractivity contribution in [3.63, 3.8) is 0 Å². The molecular formula is C9H12N2. The van der Waals surface area contributed by atoms with E-state index < -0.39 is 0 Å². The SMILES string of the molecule is NCC1Cc2ccccc2N1. The molecule has 0 amide bonds. The van der Waals surface area contributed by atoms with Crippen LogP contribution in [0, 0.1) is 0 Å². The molecule has 1 aromatic carbocycles. The fourth-order valence-corrected chi connectivity index (χ4v) is 1.52. The Labute approximate surface area is 66.4 Å². The summed E-state index contributed by atoms with van der Waals surface area (Å²) in [5, 5.41) is 3.36. The monoisotopic (exact) mass is 148 g/mol. The number of fused-ring (bicyclic) bond motifs is 1. The second-order valence-corrected chi connectivity index (χ2v) is 2.94. The lowest BCUT2D eigenvalue weighted by Gasteiger charge is -2.05. The molecule has 58 valence electrons. The minimum atomic E-state index is 0.451. The van der Waals surface area contributed by atoms with E-state index in [0.717, 1.165) is 6.42 Å². The van der Waals surface area contributed by atoms with Crippen molar-refractivity contribution >= 4 is 5.69 Å². The Morgan fingerprint density at radius 2 is 2.27 bits per heavy atom. The number of rotatable bonds is 1. The molecular weight excluding hydrogens is 136 g/mol. The standard InChI is InChI=1S/C9H12N2/c10-6-8-5-7-3-1-2-4-9(7)11-8/h1-4,8,11H,5-6,10H2.